The monoisotopic (exact) mass is 483 g/mol. The van der Waals surface area contributed by atoms with Crippen molar-refractivity contribution in [2.75, 3.05) is 26.6 Å². The van der Waals surface area contributed by atoms with Crippen molar-refractivity contribution in [1.82, 2.24) is 14.8 Å². The number of aliphatic carboxylic acids is 2. The van der Waals surface area contributed by atoms with Crippen LogP contribution in [0.5, 0.6) is 0 Å². The maximum Gasteiger partial charge on any atom is 0.335 e. The van der Waals surface area contributed by atoms with Gasteiger partial charge >= 0.3 is 11.9 Å². The first kappa shape index (κ1) is 14.9. The Kier molecular flexibility index (Phi) is 4.55. The normalized spacial score (nSPS) is 26.9. The zero-order chi connectivity index (χ0) is 33.7. The number of aromatic amines is 1. The third kappa shape index (κ3) is 4.84. The third-order valence-corrected chi connectivity index (χ3v) is 5.83. The maximum atomic E-state index is 13.6. The van der Waals surface area contributed by atoms with E-state index in [1.165, 1.54) is 0 Å². The fourth-order valence-electron chi connectivity index (χ4n) is 4.18. The summed E-state index contributed by atoms with van der Waals surface area (Å²) in [6, 6.07) is 5.60. The molecule has 2 aliphatic rings. The summed E-state index contributed by atoms with van der Waals surface area (Å²) in [4.78, 5) is 38.0. The van der Waals surface area contributed by atoms with Crippen LogP contribution in [0.15, 0.2) is 30.5 Å². The molecule has 0 spiro atoms. The smallest absolute Gasteiger partial charge is 0.335 e. The predicted molar refractivity (Wildman–Crippen MR) is 125 cm³/mol. The van der Waals surface area contributed by atoms with Crippen LogP contribution < -0.4 is 0 Å². The molecule has 1 aromatic heterocycles. The number of amides is 1. The zero-order valence-electron chi connectivity index (χ0n) is 28.0. The van der Waals surface area contributed by atoms with Gasteiger partial charge in [0.25, 0.3) is 0 Å². The molecule has 5 N–H and O–H groups in total. The number of nitrogens with one attached hydrogen (secondary N) is 1. The van der Waals surface area contributed by atoms with Gasteiger partial charge in [0.05, 0.1) is 5.92 Å². The predicted octanol–water partition coefficient (Wildman–Crippen LogP) is 0.783. The van der Waals surface area contributed by atoms with Gasteiger partial charge in [0.1, 0.15) is 0 Å². The van der Waals surface area contributed by atoms with E-state index >= 15 is 0 Å². The summed E-state index contributed by atoms with van der Waals surface area (Å²) in [5.41, 5.74) is 3.69. The van der Waals surface area contributed by atoms with E-state index in [2.05, 4.69) is 4.98 Å². The molecule has 1 aliphatic heterocycles. The van der Waals surface area contributed by atoms with Crippen molar-refractivity contribution in [2.24, 2.45) is 5.92 Å². The SMILES string of the molecule is O=C(O)[C@@H](O)[C@H](O)C(=O)O.[2H]C([2H])([2H])C([2H])([2H])N(C(=O)[C@@H]1C=C2c3cccc4[nH]cc(c34)C[C@H]2N(C)C1)C([2H])([2H])C([2H])([2H])[2H]. The molecule has 0 radical (unpaired) electrons. The summed E-state index contributed by atoms with van der Waals surface area (Å²) in [6.45, 7) is -14.0. The molecule has 1 aromatic carbocycles. The second-order valence-electron chi connectivity index (χ2n) is 7.89. The Balaban J connectivity index is 0.000000456. The van der Waals surface area contributed by atoms with E-state index in [-0.39, 0.29) is 17.5 Å². The Hall–Kier alpha value is -3.21. The number of hydrogen-bond donors (Lipinski definition) is 5. The van der Waals surface area contributed by atoms with Gasteiger partial charge in [-0.05, 0) is 49.9 Å². The molecule has 0 unspecified atom stereocenters. The molecule has 0 saturated heterocycles. The van der Waals surface area contributed by atoms with Crippen molar-refractivity contribution in [3.8, 4) is 0 Å². The van der Waals surface area contributed by atoms with Crippen molar-refractivity contribution in [1.29, 1.82) is 0 Å². The lowest BCUT2D eigenvalue weighted by atomic mass is 9.79. The number of aliphatic hydroxyl groups excluding tert-OH is 2. The highest BCUT2D eigenvalue weighted by molar-refractivity contribution is 5.99. The second kappa shape index (κ2) is 10.4. The number of rotatable bonds is 6. The van der Waals surface area contributed by atoms with Crippen LogP contribution in [0.1, 0.15) is 38.5 Å². The van der Waals surface area contributed by atoms with Gasteiger partial charge in [0.15, 0.2) is 12.2 Å². The van der Waals surface area contributed by atoms with E-state index in [9.17, 15) is 14.4 Å². The van der Waals surface area contributed by atoms with E-state index in [1.807, 2.05) is 29.3 Å². The highest BCUT2D eigenvalue weighted by atomic mass is 16.4. The number of aliphatic hydroxyl groups is 2. The van der Waals surface area contributed by atoms with Gasteiger partial charge in [-0.2, -0.15) is 0 Å². The minimum absolute atomic E-state index is 0.0490. The Labute approximate surface area is 211 Å². The van der Waals surface area contributed by atoms with Crippen LogP contribution in [0.4, 0.5) is 0 Å². The Bertz CT molecular complexity index is 1430. The average Bonchev–Trinajstić information content (AvgIpc) is 3.31. The van der Waals surface area contributed by atoms with Crippen molar-refractivity contribution >= 4 is 34.3 Å². The number of H-pyrrole nitrogens is 1. The molecule has 10 nitrogen and oxygen atoms in total. The van der Waals surface area contributed by atoms with E-state index in [0.29, 0.717) is 6.42 Å². The van der Waals surface area contributed by atoms with Crippen LogP contribution in [0.3, 0.4) is 0 Å². The standard InChI is InChI=1S/C20H25N3O.C4H6O6/c1-4-23(5-2)20(24)14-9-16-15-7-6-8-17-19(15)13(11-21-17)10-18(16)22(3)12-14;5-1(3(7)8)2(6)4(9)10/h6-9,11,14,18,21H,4-5,10,12H2,1-3H3;1-2,5-6H,(H,7,8)(H,9,10)/t14-,18-;1-,2-/m10/s1/i1D3,2D3,4D2,5D2;. The largest absolute Gasteiger partial charge is 0.479 e. The first-order chi connectivity index (χ1) is 19.9. The Morgan fingerprint density at radius 1 is 1.21 bits per heavy atom. The third-order valence-electron chi connectivity index (χ3n) is 5.83. The Morgan fingerprint density at radius 3 is 2.44 bits per heavy atom. The van der Waals surface area contributed by atoms with Crippen LogP contribution in [0.2, 0.25) is 0 Å². The lowest BCUT2D eigenvalue weighted by Crippen LogP contribution is -2.47. The molecule has 2 aromatic rings. The number of carboxylic acids is 2. The number of likely N-dealkylation sites (N-methyl/N-ethyl adjacent to an activating group) is 1. The summed E-state index contributed by atoms with van der Waals surface area (Å²) >= 11 is 0. The lowest BCUT2D eigenvalue weighted by Gasteiger charge is -2.40. The van der Waals surface area contributed by atoms with Gasteiger partial charge in [0, 0.05) is 56.4 Å². The number of aromatic nitrogens is 1. The highest BCUT2D eigenvalue weighted by Gasteiger charge is 2.36. The molecule has 4 atom stereocenters. The quantitative estimate of drug-likeness (QED) is 0.404. The summed E-state index contributed by atoms with van der Waals surface area (Å²) in [7, 11) is 1.77. The van der Waals surface area contributed by atoms with Gasteiger partial charge in [0.2, 0.25) is 5.91 Å². The van der Waals surface area contributed by atoms with Gasteiger partial charge in [-0.25, -0.2) is 9.59 Å². The summed E-state index contributed by atoms with van der Waals surface area (Å²) in [5, 5.41) is 33.5. The van der Waals surface area contributed by atoms with Crippen LogP contribution in [-0.2, 0) is 20.8 Å². The topological polar surface area (TPSA) is 154 Å². The van der Waals surface area contributed by atoms with Gasteiger partial charge in [-0.15, -0.1) is 0 Å². The van der Waals surface area contributed by atoms with Crippen molar-refractivity contribution < 1.29 is 48.5 Å². The second-order valence-corrected chi connectivity index (χ2v) is 7.89. The molecule has 34 heavy (non-hydrogen) atoms. The molecular weight excluding hydrogens is 442 g/mol. The fourth-order valence-corrected chi connectivity index (χ4v) is 4.18. The van der Waals surface area contributed by atoms with E-state index in [1.54, 1.807) is 13.1 Å². The maximum absolute atomic E-state index is 13.6. The van der Waals surface area contributed by atoms with E-state index < -0.39 is 62.7 Å². The van der Waals surface area contributed by atoms with Crippen LogP contribution in [-0.4, -0.2) is 97.9 Å². The first-order valence-electron chi connectivity index (χ1n) is 15.1. The van der Waals surface area contributed by atoms with Crippen molar-refractivity contribution in [3.63, 3.8) is 0 Å². The summed E-state index contributed by atoms with van der Waals surface area (Å²) in [5.74, 6) is -5.92. The number of hydrogen-bond acceptors (Lipinski definition) is 6. The first-order valence-corrected chi connectivity index (χ1v) is 10.1. The molecule has 1 aliphatic carbocycles. The van der Waals surface area contributed by atoms with Crippen molar-refractivity contribution in [3.05, 3.63) is 41.6 Å². The van der Waals surface area contributed by atoms with Crippen LogP contribution in [0, 0.1) is 5.92 Å². The molecule has 1 amide bonds. The number of fused-ring (bicyclic) bond motifs is 2. The van der Waals surface area contributed by atoms with Gasteiger partial charge in [-0.1, -0.05) is 18.2 Å². The molecule has 4 rings (SSSR count). The number of carboxylic acid groups (broad SMARTS) is 2. The molecule has 0 saturated carbocycles. The number of benzene rings is 1. The number of nitrogens with zero attached hydrogens (tertiary/aromatic N) is 2. The Morgan fingerprint density at radius 2 is 1.85 bits per heavy atom. The van der Waals surface area contributed by atoms with E-state index in [0.717, 1.165) is 27.6 Å². The molecule has 10 heteroatoms. The molecule has 0 bridgehead atoms. The number of carbonyl (C=O) groups excluding carboxylic acids is 1. The van der Waals surface area contributed by atoms with Gasteiger partial charge in [-0.3, -0.25) is 9.69 Å². The van der Waals surface area contributed by atoms with Crippen LogP contribution in [0.25, 0.3) is 16.5 Å². The lowest BCUT2D eigenvalue weighted by molar-refractivity contribution is -0.165. The fraction of sp³-hybridized carbons (Fsp3) is 0.458. The molecular formula is C24H31N3O7. The molecule has 184 valence electrons. The van der Waals surface area contributed by atoms with Crippen LogP contribution >= 0.6 is 0 Å². The number of carbonyl (C=O) groups is 3. The minimum atomic E-state index is -3.56. The van der Waals surface area contributed by atoms with Crippen molar-refractivity contribution in [2.45, 2.75) is 38.4 Å². The highest BCUT2D eigenvalue weighted by Crippen LogP contribution is 2.40. The molecule has 0 fully saturated rings. The molecule has 2 heterocycles. The van der Waals surface area contributed by atoms with E-state index in [4.69, 9.17) is 34.1 Å². The summed E-state index contributed by atoms with van der Waals surface area (Å²) in [6.07, 6.45) is -0.324. The summed E-state index contributed by atoms with van der Waals surface area (Å²) < 4.78 is 77.8. The zero-order valence-corrected chi connectivity index (χ0v) is 18.0. The minimum Gasteiger partial charge on any atom is -0.479 e. The van der Waals surface area contributed by atoms with Gasteiger partial charge < -0.3 is 30.3 Å². The average molecular weight is 484 g/mol.